The maximum absolute atomic E-state index is 12.1. The van der Waals surface area contributed by atoms with E-state index < -0.39 is 19.9 Å². The van der Waals surface area contributed by atoms with Crippen LogP contribution in [-0.2, 0) is 19.9 Å². The Bertz CT molecular complexity index is 760. The fourth-order valence-corrected chi connectivity index (χ4v) is 4.61. The molecule has 0 aliphatic rings. The standard InChI is InChI=1S/C10H8NO4S3/c11-18(14,15)10-6-9(7-16-10)17(12,13)8-4-2-1-3-5-8/h1-7,11H. The van der Waals surface area contributed by atoms with Gasteiger partial charge >= 0.3 is 0 Å². The van der Waals surface area contributed by atoms with Crippen LogP contribution in [0.2, 0.25) is 0 Å². The molecule has 0 aliphatic heterocycles. The first kappa shape index (κ1) is 13.2. The van der Waals surface area contributed by atoms with Crippen LogP contribution in [0.4, 0.5) is 0 Å². The van der Waals surface area contributed by atoms with Crippen molar-refractivity contribution in [3.05, 3.63) is 41.8 Å². The van der Waals surface area contributed by atoms with Crippen molar-refractivity contribution in [3.8, 4) is 0 Å². The van der Waals surface area contributed by atoms with Crippen LogP contribution in [0.1, 0.15) is 0 Å². The number of sulfonamides is 1. The highest BCUT2D eigenvalue weighted by Gasteiger charge is 2.22. The number of thiophene rings is 1. The lowest BCUT2D eigenvalue weighted by atomic mass is 10.4. The van der Waals surface area contributed by atoms with Crippen LogP contribution in [0.15, 0.2) is 55.8 Å². The molecular formula is C10H8NO4S3. The molecule has 0 unspecified atom stereocenters. The number of nitrogens with one attached hydrogen (secondary N) is 1. The van der Waals surface area contributed by atoms with Crippen LogP contribution in [-0.4, -0.2) is 16.8 Å². The number of benzene rings is 1. The largest absolute Gasteiger partial charge is 0.263 e. The van der Waals surface area contributed by atoms with Gasteiger partial charge in [-0.15, -0.1) is 16.5 Å². The Hall–Kier alpha value is -1.22. The highest BCUT2D eigenvalue weighted by molar-refractivity contribution is 7.92. The van der Waals surface area contributed by atoms with Gasteiger partial charge in [-0.05, 0) is 18.2 Å². The third kappa shape index (κ3) is 2.46. The second-order valence-corrected chi connectivity index (χ2v) is 7.99. The van der Waals surface area contributed by atoms with Crippen molar-refractivity contribution in [2.75, 3.05) is 0 Å². The number of hydrogen-bond donors (Lipinski definition) is 0. The molecule has 1 N–H and O–H groups in total. The van der Waals surface area contributed by atoms with Crippen molar-refractivity contribution < 1.29 is 16.8 Å². The van der Waals surface area contributed by atoms with Crippen LogP contribution in [0.3, 0.4) is 0 Å². The summed E-state index contributed by atoms with van der Waals surface area (Å²) < 4.78 is 46.0. The van der Waals surface area contributed by atoms with Crippen molar-refractivity contribution in [1.29, 1.82) is 0 Å². The molecule has 0 aliphatic carbocycles. The van der Waals surface area contributed by atoms with Gasteiger partial charge < -0.3 is 0 Å². The normalized spacial score (nSPS) is 12.5. The molecule has 0 atom stereocenters. The lowest BCUT2D eigenvalue weighted by Crippen LogP contribution is -2.01. The molecule has 95 valence electrons. The zero-order valence-electron chi connectivity index (χ0n) is 8.90. The fourth-order valence-electron chi connectivity index (χ4n) is 1.32. The maximum Gasteiger partial charge on any atom is 0.263 e. The molecule has 0 saturated heterocycles. The van der Waals surface area contributed by atoms with Gasteiger partial charge in [0.1, 0.15) is 4.21 Å². The molecule has 0 bridgehead atoms. The third-order valence-corrected chi connectivity index (χ3v) is 6.39. The molecule has 18 heavy (non-hydrogen) atoms. The van der Waals surface area contributed by atoms with E-state index in [-0.39, 0.29) is 14.0 Å². The zero-order valence-corrected chi connectivity index (χ0v) is 11.3. The van der Waals surface area contributed by atoms with Crippen LogP contribution < -0.4 is 5.14 Å². The first-order valence-electron chi connectivity index (χ1n) is 4.70. The van der Waals surface area contributed by atoms with E-state index in [1.165, 1.54) is 17.5 Å². The van der Waals surface area contributed by atoms with E-state index in [2.05, 4.69) is 0 Å². The van der Waals surface area contributed by atoms with Crippen LogP contribution in [0.25, 0.3) is 0 Å². The first-order chi connectivity index (χ1) is 8.32. The van der Waals surface area contributed by atoms with Crippen LogP contribution in [0, 0.1) is 0 Å². The Morgan fingerprint density at radius 2 is 1.56 bits per heavy atom. The van der Waals surface area contributed by atoms with Gasteiger partial charge in [0.25, 0.3) is 10.0 Å². The highest BCUT2D eigenvalue weighted by Crippen LogP contribution is 2.27. The zero-order chi connectivity index (χ0) is 13.4. The maximum atomic E-state index is 12.1. The molecule has 5 nitrogen and oxygen atoms in total. The molecular weight excluding hydrogens is 294 g/mol. The van der Waals surface area contributed by atoms with E-state index >= 15 is 0 Å². The van der Waals surface area contributed by atoms with Gasteiger partial charge in [0.15, 0.2) is 0 Å². The smallest absolute Gasteiger partial charge is 0.218 e. The molecule has 1 aromatic carbocycles. The van der Waals surface area contributed by atoms with Gasteiger partial charge in [-0.1, -0.05) is 18.2 Å². The molecule has 1 heterocycles. The Labute approximate surface area is 109 Å². The predicted molar refractivity (Wildman–Crippen MR) is 66.5 cm³/mol. The third-order valence-electron chi connectivity index (χ3n) is 2.18. The van der Waals surface area contributed by atoms with Crippen molar-refractivity contribution in [3.63, 3.8) is 0 Å². The molecule has 1 aromatic heterocycles. The van der Waals surface area contributed by atoms with Crippen molar-refractivity contribution >= 4 is 31.2 Å². The average Bonchev–Trinajstić information content (AvgIpc) is 2.79. The SMILES string of the molecule is [NH]S(=O)(=O)c1cc(S(=O)(=O)c2ccccc2)cs1. The summed E-state index contributed by atoms with van der Waals surface area (Å²) in [5.41, 5.74) is 0. The summed E-state index contributed by atoms with van der Waals surface area (Å²) in [6.45, 7) is 0. The lowest BCUT2D eigenvalue weighted by Gasteiger charge is -2.00. The quantitative estimate of drug-likeness (QED) is 0.860. The highest BCUT2D eigenvalue weighted by atomic mass is 32.2. The molecule has 0 fully saturated rings. The molecule has 2 rings (SSSR count). The first-order valence-corrected chi connectivity index (χ1v) is 8.55. The van der Waals surface area contributed by atoms with Crippen LogP contribution in [0.5, 0.6) is 0 Å². The van der Waals surface area contributed by atoms with Gasteiger partial charge in [-0.2, -0.15) is 0 Å². The van der Waals surface area contributed by atoms with Gasteiger partial charge in [0.2, 0.25) is 9.84 Å². The number of rotatable bonds is 3. The Morgan fingerprint density at radius 3 is 2.06 bits per heavy atom. The minimum atomic E-state index is -4.12. The minimum absolute atomic E-state index is 0.0942. The fraction of sp³-hybridized carbons (Fsp3) is 0. The molecule has 2 aromatic rings. The van der Waals surface area contributed by atoms with Gasteiger partial charge in [-0.3, -0.25) is 0 Å². The van der Waals surface area contributed by atoms with E-state index in [0.29, 0.717) is 0 Å². The predicted octanol–water partition coefficient (Wildman–Crippen LogP) is 1.55. The monoisotopic (exact) mass is 302 g/mol. The van der Waals surface area contributed by atoms with Gasteiger partial charge in [0.05, 0.1) is 9.79 Å². The summed E-state index contributed by atoms with van der Waals surface area (Å²) in [6.07, 6.45) is 0. The summed E-state index contributed by atoms with van der Waals surface area (Å²) in [5.74, 6) is 0. The van der Waals surface area contributed by atoms with E-state index in [1.54, 1.807) is 18.2 Å². The Kier molecular flexibility index (Phi) is 3.28. The second-order valence-electron chi connectivity index (χ2n) is 3.42. The number of hydrogen-bond acceptors (Lipinski definition) is 5. The second kappa shape index (κ2) is 4.47. The molecule has 1 radical (unpaired) electrons. The van der Waals surface area contributed by atoms with E-state index in [0.717, 1.165) is 17.4 Å². The van der Waals surface area contributed by atoms with E-state index in [4.69, 9.17) is 5.14 Å². The summed E-state index contributed by atoms with van der Waals surface area (Å²) in [7, 11) is -7.84. The molecule has 0 saturated carbocycles. The minimum Gasteiger partial charge on any atom is -0.218 e. The molecule has 0 spiro atoms. The van der Waals surface area contributed by atoms with E-state index in [9.17, 15) is 16.8 Å². The topological polar surface area (TPSA) is 92.1 Å². The summed E-state index contributed by atoms with van der Waals surface area (Å²) in [6, 6.07) is 8.73. The van der Waals surface area contributed by atoms with Crippen LogP contribution >= 0.6 is 11.3 Å². The van der Waals surface area contributed by atoms with Gasteiger partial charge in [-0.25, -0.2) is 16.8 Å². The average molecular weight is 302 g/mol. The van der Waals surface area contributed by atoms with Crippen molar-refractivity contribution in [2.45, 2.75) is 14.0 Å². The number of sulfone groups is 1. The summed E-state index contributed by atoms with van der Waals surface area (Å²) in [4.78, 5) is -0.0127. The molecule has 8 heteroatoms. The Balaban J connectivity index is 2.54. The Morgan fingerprint density at radius 1 is 0.944 bits per heavy atom. The lowest BCUT2D eigenvalue weighted by molar-refractivity contribution is 0.596. The molecule has 0 amide bonds. The summed E-state index contributed by atoms with van der Waals surface area (Å²) >= 11 is 0.723. The van der Waals surface area contributed by atoms with Gasteiger partial charge in [0, 0.05) is 5.38 Å². The van der Waals surface area contributed by atoms with Crippen molar-refractivity contribution in [2.24, 2.45) is 0 Å². The summed E-state index contributed by atoms with van der Waals surface area (Å²) in [5, 5.41) is 8.11. The van der Waals surface area contributed by atoms with E-state index in [1.807, 2.05) is 0 Å². The van der Waals surface area contributed by atoms with Crippen molar-refractivity contribution in [1.82, 2.24) is 5.14 Å².